The van der Waals surface area contributed by atoms with E-state index in [9.17, 15) is 18.5 Å². The molecule has 0 spiro atoms. The predicted octanol–water partition coefficient (Wildman–Crippen LogP) is 3.36. The third kappa shape index (κ3) is 2.52. The minimum Gasteiger partial charge on any atom is -0.303 e. The van der Waals surface area contributed by atoms with Crippen LogP contribution in [0.2, 0.25) is 0 Å². The van der Waals surface area contributed by atoms with Gasteiger partial charge >= 0.3 is 0 Å². The van der Waals surface area contributed by atoms with Crippen LogP contribution < -0.4 is 0 Å². The molecule has 2 atom stereocenters. The Balaban J connectivity index is 1.95. The third-order valence-corrected chi connectivity index (χ3v) is 6.61. The van der Waals surface area contributed by atoms with Gasteiger partial charge < -0.3 is 4.79 Å². The number of aryl methyl sites for hydroxylation is 1. The summed E-state index contributed by atoms with van der Waals surface area (Å²) >= 11 is 0. The van der Waals surface area contributed by atoms with E-state index in [-0.39, 0.29) is 16.7 Å². The number of nitriles is 1. The molecule has 1 aromatic heterocycles. The van der Waals surface area contributed by atoms with E-state index in [0.717, 1.165) is 29.2 Å². The van der Waals surface area contributed by atoms with E-state index in [0.29, 0.717) is 11.1 Å². The highest BCUT2D eigenvalue weighted by Gasteiger charge is 2.40. The first-order chi connectivity index (χ1) is 12.5. The first-order valence-electron chi connectivity index (χ1n) is 8.28. The molecule has 0 radical (unpaired) electrons. The summed E-state index contributed by atoms with van der Waals surface area (Å²) in [4.78, 5) is 11.3. The van der Waals surface area contributed by atoms with Crippen molar-refractivity contribution in [2.24, 2.45) is 5.92 Å². The zero-order valence-electron chi connectivity index (χ0n) is 14.1. The molecular formula is C20H16N2O3S. The average Bonchev–Trinajstić information content (AvgIpc) is 3.33. The van der Waals surface area contributed by atoms with Crippen molar-refractivity contribution < 1.29 is 13.2 Å². The maximum absolute atomic E-state index is 13.2. The number of rotatable bonds is 4. The van der Waals surface area contributed by atoms with Crippen molar-refractivity contribution >= 4 is 27.2 Å². The van der Waals surface area contributed by atoms with Gasteiger partial charge in [-0.25, -0.2) is 12.4 Å². The van der Waals surface area contributed by atoms with E-state index < -0.39 is 10.0 Å². The van der Waals surface area contributed by atoms with Gasteiger partial charge in [0.1, 0.15) is 6.29 Å². The molecule has 0 N–H and O–H groups in total. The maximum atomic E-state index is 13.2. The normalized spacial score (nSPS) is 19.2. The van der Waals surface area contributed by atoms with Gasteiger partial charge in [-0.15, -0.1) is 0 Å². The van der Waals surface area contributed by atoms with Crippen LogP contribution in [0.3, 0.4) is 0 Å². The van der Waals surface area contributed by atoms with Crippen LogP contribution in [0, 0.1) is 24.2 Å². The van der Waals surface area contributed by atoms with Gasteiger partial charge in [0, 0.05) is 17.5 Å². The van der Waals surface area contributed by atoms with Crippen molar-refractivity contribution in [3.63, 3.8) is 0 Å². The number of aromatic nitrogens is 1. The lowest BCUT2D eigenvalue weighted by molar-refractivity contribution is -0.108. The fourth-order valence-corrected chi connectivity index (χ4v) is 4.70. The molecule has 0 amide bonds. The molecule has 1 fully saturated rings. The topological polar surface area (TPSA) is 79.9 Å². The summed E-state index contributed by atoms with van der Waals surface area (Å²) in [6.45, 7) is 1.89. The highest BCUT2D eigenvalue weighted by molar-refractivity contribution is 7.90. The Morgan fingerprint density at radius 2 is 1.92 bits per heavy atom. The highest BCUT2D eigenvalue weighted by Crippen LogP contribution is 2.49. The summed E-state index contributed by atoms with van der Waals surface area (Å²) in [5.41, 5.74) is 2.68. The summed E-state index contributed by atoms with van der Waals surface area (Å²) in [6, 6.07) is 13.7. The lowest BCUT2D eigenvalue weighted by atomic mass is 10.1. The molecule has 0 aliphatic heterocycles. The SMILES string of the molecule is Cc1ccc(S(=O)(=O)n2cc(C3CC3C=O)c3ccc(C#N)cc32)cc1. The van der Waals surface area contributed by atoms with E-state index in [1.54, 1.807) is 48.7 Å². The maximum Gasteiger partial charge on any atom is 0.268 e. The number of carbonyl (C=O) groups is 1. The number of fused-ring (bicyclic) bond motifs is 1. The van der Waals surface area contributed by atoms with Crippen molar-refractivity contribution in [2.45, 2.75) is 24.2 Å². The Hall–Kier alpha value is -2.91. The van der Waals surface area contributed by atoms with Crippen LogP contribution in [0.1, 0.15) is 29.0 Å². The molecule has 5 nitrogen and oxygen atoms in total. The molecule has 1 saturated carbocycles. The van der Waals surface area contributed by atoms with Gasteiger partial charge in [-0.05, 0) is 49.1 Å². The molecule has 130 valence electrons. The lowest BCUT2D eigenvalue weighted by Gasteiger charge is -2.08. The zero-order chi connectivity index (χ0) is 18.5. The third-order valence-electron chi connectivity index (χ3n) is 4.92. The second-order valence-corrected chi connectivity index (χ2v) is 8.50. The monoisotopic (exact) mass is 364 g/mol. The molecule has 0 saturated heterocycles. The fraction of sp³-hybridized carbons (Fsp3) is 0.200. The van der Waals surface area contributed by atoms with E-state index in [4.69, 9.17) is 0 Å². The van der Waals surface area contributed by atoms with Gasteiger partial charge in [-0.3, -0.25) is 0 Å². The summed E-state index contributed by atoms with van der Waals surface area (Å²) in [6.07, 6.45) is 3.26. The molecule has 1 aliphatic rings. The summed E-state index contributed by atoms with van der Waals surface area (Å²) in [5, 5.41) is 9.96. The lowest BCUT2D eigenvalue weighted by Crippen LogP contribution is -2.11. The number of benzene rings is 2. The van der Waals surface area contributed by atoms with Gasteiger partial charge in [-0.1, -0.05) is 23.8 Å². The molecule has 1 aliphatic carbocycles. The number of nitrogens with zero attached hydrogens (tertiary/aromatic N) is 2. The van der Waals surface area contributed by atoms with Gasteiger partial charge in [-0.2, -0.15) is 5.26 Å². The average molecular weight is 364 g/mol. The van der Waals surface area contributed by atoms with Crippen molar-refractivity contribution in [1.82, 2.24) is 3.97 Å². The van der Waals surface area contributed by atoms with Crippen LogP contribution in [0.25, 0.3) is 10.9 Å². The largest absolute Gasteiger partial charge is 0.303 e. The molecule has 1 heterocycles. The molecule has 6 heteroatoms. The Bertz CT molecular complexity index is 1170. The molecule has 2 aromatic carbocycles. The molecule has 2 unspecified atom stereocenters. The Morgan fingerprint density at radius 3 is 2.54 bits per heavy atom. The summed E-state index contributed by atoms with van der Waals surface area (Å²) in [7, 11) is -3.80. The van der Waals surface area contributed by atoms with E-state index in [1.807, 2.05) is 6.92 Å². The van der Waals surface area contributed by atoms with Crippen LogP contribution in [0.15, 0.2) is 53.6 Å². The Kier molecular flexibility index (Phi) is 3.70. The van der Waals surface area contributed by atoms with Crippen LogP contribution in [0.4, 0.5) is 0 Å². The summed E-state index contributed by atoms with van der Waals surface area (Å²) in [5.74, 6) is -0.0239. The first kappa shape index (κ1) is 16.6. The van der Waals surface area contributed by atoms with Crippen LogP contribution in [0.5, 0.6) is 0 Å². The minimum atomic E-state index is -3.80. The smallest absolute Gasteiger partial charge is 0.268 e. The standard InChI is InChI=1S/C20H16N2O3S/c1-13-2-5-16(6-3-13)26(24,25)22-11-19(18-9-15(18)12-23)17-7-4-14(10-21)8-20(17)22/h2-8,11-12,15,18H,9H2,1H3. The molecule has 4 rings (SSSR count). The Labute approximate surface area is 151 Å². The molecular weight excluding hydrogens is 348 g/mol. The predicted molar refractivity (Wildman–Crippen MR) is 97.3 cm³/mol. The first-order valence-corrected chi connectivity index (χ1v) is 9.72. The number of carbonyl (C=O) groups excluding carboxylic acids is 1. The van der Waals surface area contributed by atoms with Crippen molar-refractivity contribution in [1.29, 1.82) is 5.26 Å². The van der Waals surface area contributed by atoms with E-state index >= 15 is 0 Å². The second kappa shape index (κ2) is 5.82. The molecule has 3 aromatic rings. The van der Waals surface area contributed by atoms with Gasteiger partial charge in [0.25, 0.3) is 10.0 Å². The highest BCUT2D eigenvalue weighted by atomic mass is 32.2. The van der Waals surface area contributed by atoms with Crippen LogP contribution in [-0.2, 0) is 14.8 Å². The molecule has 0 bridgehead atoms. The van der Waals surface area contributed by atoms with E-state index in [2.05, 4.69) is 6.07 Å². The summed E-state index contributed by atoms with van der Waals surface area (Å²) < 4.78 is 27.6. The Morgan fingerprint density at radius 1 is 1.19 bits per heavy atom. The number of hydrogen-bond acceptors (Lipinski definition) is 4. The van der Waals surface area contributed by atoms with Gasteiger partial charge in [0.15, 0.2) is 0 Å². The zero-order valence-corrected chi connectivity index (χ0v) is 14.9. The minimum absolute atomic E-state index is 0.0393. The van der Waals surface area contributed by atoms with Crippen molar-refractivity contribution in [3.8, 4) is 6.07 Å². The second-order valence-electron chi connectivity index (χ2n) is 6.68. The van der Waals surface area contributed by atoms with Gasteiger partial charge in [0.2, 0.25) is 0 Å². The number of hydrogen-bond donors (Lipinski definition) is 0. The molecule has 26 heavy (non-hydrogen) atoms. The van der Waals surface area contributed by atoms with Crippen molar-refractivity contribution in [3.05, 3.63) is 65.4 Å². The fourth-order valence-electron chi connectivity index (χ4n) is 3.33. The quantitative estimate of drug-likeness (QED) is 0.665. The van der Waals surface area contributed by atoms with Gasteiger partial charge in [0.05, 0.1) is 22.0 Å². The van der Waals surface area contributed by atoms with E-state index in [1.165, 1.54) is 3.97 Å². The van der Waals surface area contributed by atoms with Crippen LogP contribution >= 0.6 is 0 Å². The van der Waals surface area contributed by atoms with Crippen LogP contribution in [-0.4, -0.2) is 18.7 Å². The van der Waals surface area contributed by atoms with Crippen molar-refractivity contribution in [2.75, 3.05) is 0 Å². The number of aldehydes is 1.